The van der Waals surface area contributed by atoms with E-state index in [-0.39, 0.29) is 17.5 Å². The van der Waals surface area contributed by atoms with Gasteiger partial charge in [0.2, 0.25) is 5.91 Å². The summed E-state index contributed by atoms with van der Waals surface area (Å²) in [5.74, 6) is 0.0801. The Morgan fingerprint density at radius 3 is 2.62 bits per heavy atom. The molecule has 1 heterocycles. The topological polar surface area (TPSA) is 51.5 Å². The van der Waals surface area contributed by atoms with Crippen LogP contribution in [0.4, 0.5) is 0 Å². The van der Waals surface area contributed by atoms with Crippen LogP contribution in [0.1, 0.15) is 33.1 Å². The van der Waals surface area contributed by atoms with E-state index in [0.29, 0.717) is 26.1 Å². The fourth-order valence-corrected chi connectivity index (χ4v) is 2.44. The van der Waals surface area contributed by atoms with Gasteiger partial charge in [0, 0.05) is 44.9 Å². The summed E-state index contributed by atoms with van der Waals surface area (Å²) in [6.45, 7) is 5.73. The molecule has 0 saturated carbocycles. The molecule has 0 aliphatic heterocycles. The van der Waals surface area contributed by atoms with Crippen molar-refractivity contribution in [2.75, 3.05) is 20.3 Å². The maximum absolute atomic E-state index is 12.4. The zero-order valence-corrected chi connectivity index (χ0v) is 13.2. The zero-order valence-electron chi connectivity index (χ0n) is 13.2. The third kappa shape index (κ3) is 5.34. The van der Waals surface area contributed by atoms with Gasteiger partial charge in [-0.2, -0.15) is 0 Å². The lowest BCUT2D eigenvalue weighted by molar-refractivity contribution is -0.134. The van der Waals surface area contributed by atoms with Crippen molar-refractivity contribution in [2.24, 2.45) is 0 Å². The average molecular weight is 294 g/mol. The highest BCUT2D eigenvalue weighted by Gasteiger charge is 2.20. The summed E-state index contributed by atoms with van der Waals surface area (Å²) in [5, 5.41) is 0. The van der Waals surface area contributed by atoms with Crippen molar-refractivity contribution in [1.29, 1.82) is 0 Å². The summed E-state index contributed by atoms with van der Waals surface area (Å²) >= 11 is 0. The van der Waals surface area contributed by atoms with E-state index in [2.05, 4.69) is 13.8 Å². The Hall–Kier alpha value is -1.62. The van der Waals surface area contributed by atoms with Crippen molar-refractivity contribution in [1.82, 2.24) is 9.47 Å². The first-order chi connectivity index (χ1) is 10.1. The van der Waals surface area contributed by atoms with E-state index in [9.17, 15) is 9.59 Å². The van der Waals surface area contributed by atoms with E-state index in [1.165, 1.54) is 6.07 Å². The lowest BCUT2D eigenvalue weighted by atomic mass is 10.1. The molecule has 0 fully saturated rings. The van der Waals surface area contributed by atoms with E-state index >= 15 is 0 Å². The number of aryl methyl sites for hydroxylation is 1. The number of hydrogen-bond acceptors (Lipinski definition) is 3. The number of amides is 1. The van der Waals surface area contributed by atoms with Crippen LogP contribution in [0.15, 0.2) is 29.2 Å². The zero-order chi connectivity index (χ0) is 15.7. The fraction of sp³-hybridized carbons (Fsp3) is 0.625. The molecule has 118 valence electrons. The van der Waals surface area contributed by atoms with Gasteiger partial charge in [0.15, 0.2) is 0 Å². The van der Waals surface area contributed by atoms with Crippen LogP contribution < -0.4 is 5.56 Å². The Balaban J connectivity index is 2.67. The largest absolute Gasteiger partial charge is 0.383 e. The molecule has 5 nitrogen and oxygen atoms in total. The minimum Gasteiger partial charge on any atom is -0.383 e. The number of rotatable bonds is 9. The SMILES string of the molecule is CCC(CC)N(CCOC)C(=O)CCn1ccccc1=O. The van der Waals surface area contributed by atoms with Crippen molar-refractivity contribution in [3.63, 3.8) is 0 Å². The van der Waals surface area contributed by atoms with Gasteiger partial charge in [-0.25, -0.2) is 0 Å². The molecule has 0 spiro atoms. The van der Waals surface area contributed by atoms with Crippen LogP contribution >= 0.6 is 0 Å². The van der Waals surface area contributed by atoms with Crippen LogP contribution in [-0.4, -0.2) is 41.7 Å². The smallest absolute Gasteiger partial charge is 0.250 e. The molecule has 0 aliphatic carbocycles. The van der Waals surface area contributed by atoms with Gasteiger partial charge in [0.05, 0.1) is 6.61 Å². The highest BCUT2D eigenvalue weighted by molar-refractivity contribution is 5.76. The monoisotopic (exact) mass is 294 g/mol. The molecule has 0 saturated heterocycles. The second kappa shape index (κ2) is 9.34. The molecule has 0 N–H and O–H groups in total. The number of methoxy groups -OCH3 is 1. The summed E-state index contributed by atoms with van der Waals surface area (Å²) in [5.41, 5.74) is -0.0729. The highest BCUT2D eigenvalue weighted by atomic mass is 16.5. The molecule has 5 heteroatoms. The first kappa shape index (κ1) is 17.4. The first-order valence-electron chi connectivity index (χ1n) is 7.57. The van der Waals surface area contributed by atoms with Gasteiger partial charge >= 0.3 is 0 Å². The van der Waals surface area contributed by atoms with Crippen molar-refractivity contribution in [3.05, 3.63) is 34.7 Å². The quantitative estimate of drug-likeness (QED) is 0.699. The summed E-state index contributed by atoms with van der Waals surface area (Å²) in [4.78, 5) is 26.0. The third-order valence-electron chi connectivity index (χ3n) is 3.71. The number of carbonyl (C=O) groups excluding carboxylic acids is 1. The molecule has 1 aromatic heterocycles. The number of nitrogens with zero attached hydrogens (tertiary/aromatic N) is 2. The standard InChI is InChI=1S/C16H26N2O3/c1-4-14(5-2)18(12-13-21-3)16(20)9-11-17-10-7-6-8-15(17)19/h6-8,10,14H,4-5,9,11-13H2,1-3H3. The number of ether oxygens (including phenoxy) is 1. The van der Waals surface area contributed by atoms with Gasteiger partial charge in [-0.15, -0.1) is 0 Å². The Kier molecular flexibility index (Phi) is 7.75. The van der Waals surface area contributed by atoms with Crippen LogP contribution in [0.3, 0.4) is 0 Å². The van der Waals surface area contributed by atoms with E-state index in [1.54, 1.807) is 30.0 Å². The highest BCUT2D eigenvalue weighted by Crippen LogP contribution is 2.10. The van der Waals surface area contributed by atoms with E-state index < -0.39 is 0 Å². The third-order valence-corrected chi connectivity index (χ3v) is 3.71. The Morgan fingerprint density at radius 1 is 1.33 bits per heavy atom. The lowest BCUT2D eigenvalue weighted by Crippen LogP contribution is -2.42. The predicted molar refractivity (Wildman–Crippen MR) is 83.3 cm³/mol. The lowest BCUT2D eigenvalue weighted by Gasteiger charge is -2.30. The normalized spacial score (nSPS) is 10.9. The Labute approximate surface area is 126 Å². The molecule has 0 atom stereocenters. The van der Waals surface area contributed by atoms with Crippen LogP contribution in [-0.2, 0) is 16.1 Å². The van der Waals surface area contributed by atoms with Crippen molar-refractivity contribution in [2.45, 2.75) is 45.7 Å². The molecule has 1 aromatic rings. The maximum atomic E-state index is 12.4. The second-order valence-electron chi connectivity index (χ2n) is 5.03. The summed E-state index contributed by atoms with van der Waals surface area (Å²) < 4.78 is 6.66. The first-order valence-corrected chi connectivity index (χ1v) is 7.57. The van der Waals surface area contributed by atoms with Crippen LogP contribution in [0, 0.1) is 0 Å². The average Bonchev–Trinajstić information content (AvgIpc) is 2.50. The molecule has 0 aliphatic rings. The van der Waals surface area contributed by atoms with Crippen LogP contribution in [0.25, 0.3) is 0 Å². The van der Waals surface area contributed by atoms with Crippen LogP contribution in [0.5, 0.6) is 0 Å². The molecular weight excluding hydrogens is 268 g/mol. The van der Waals surface area contributed by atoms with Gasteiger partial charge in [-0.05, 0) is 18.9 Å². The molecule has 1 rings (SSSR count). The fourth-order valence-electron chi connectivity index (χ4n) is 2.44. The number of aromatic nitrogens is 1. The maximum Gasteiger partial charge on any atom is 0.250 e. The van der Waals surface area contributed by atoms with Gasteiger partial charge in [-0.3, -0.25) is 9.59 Å². The van der Waals surface area contributed by atoms with E-state index in [0.717, 1.165) is 12.8 Å². The number of pyridine rings is 1. The molecule has 1 amide bonds. The Morgan fingerprint density at radius 2 is 2.05 bits per heavy atom. The number of carbonyl (C=O) groups is 1. The van der Waals surface area contributed by atoms with Crippen molar-refractivity contribution >= 4 is 5.91 Å². The predicted octanol–water partition coefficient (Wildman–Crippen LogP) is 1.90. The van der Waals surface area contributed by atoms with Crippen molar-refractivity contribution in [3.8, 4) is 0 Å². The summed E-state index contributed by atoms with van der Waals surface area (Å²) in [6.07, 6.45) is 3.91. The minimum atomic E-state index is -0.0729. The van der Waals surface area contributed by atoms with E-state index in [1.807, 2.05) is 4.90 Å². The van der Waals surface area contributed by atoms with Gasteiger partial charge in [0.1, 0.15) is 0 Å². The molecule has 0 bridgehead atoms. The minimum absolute atomic E-state index is 0.0729. The molecule has 21 heavy (non-hydrogen) atoms. The number of hydrogen-bond donors (Lipinski definition) is 0. The molecule has 0 aromatic carbocycles. The van der Waals surface area contributed by atoms with Gasteiger partial charge in [-0.1, -0.05) is 19.9 Å². The van der Waals surface area contributed by atoms with E-state index in [4.69, 9.17) is 4.74 Å². The van der Waals surface area contributed by atoms with Crippen molar-refractivity contribution < 1.29 is 9.53 Å². The summed E-state index contributed by atoms with van der Waals surface area (Å²) in [6, 6.07) is 5.25. The van der Waals surface area contributed by atoms with Gasteiger partial charge < -0.3 is 14.2 Å². The molecule has 0 radical (unpaired) electrons. The van der Waals surface area contributed by atoms with Gasteiger partial charge in [0.25, 0.3) is 5.56 Å². The second-order valence-corrected chi connectivity index (χ2v) is 5.03. The molecular formula is C16H26N2O3. The Bertz CT molecular complexity index is 480. The molecule has 0 unspecified atom stereocenters. The van der Waals surface area contributed by atoms with Crippen LogP contribution in [0.2, 0.25) is 0 Å². The summed E-state index contributed by atoms with van der Waals surface area (Å²) in [7, 11) is 1.64.